The minimum atomic E-state index is 0.720. The van der Waals surface area contributed by atoms with Crippen molar-refractivity contribution in [3.8, 4) is 6.07 Å². The fourth-order valence-corrected chi connectivity index (χ4v) is 3.57. The summed E-state index contributed by atoms with van der Waals surface area (Å²) < 4.78 is 0. The Morgan fingerprint density at radius 3 is 2.82 bits per heavy atom. The lowest BCUT2D eigenvalue weighted by Crippen LogP contribution is -2.05. The van der Waals surface area contributed by atoms with E-state index in [9.17, 15) is 5.26 Å². The fourth-order valence-electron chi connectivity index (χ4n) is 2.27. The van der Waals surface area contributed by atoms with E-state index in [4.69, 9.17) is 0 Å². The number of hydrogen-bond donors (Lipinski definition) is 1. The summed E-state index contributed by atoms with van der Waals surface area (Å²) >= 11 is 1.89. The summed E-state index contributed by atoms with van der Waals surface area (Å²) in [6, 6.07) is 8.55. The lowest BCUT2D eigenvalue weighted by atomic mass is 10.1. The number of nitrogens with one attached hydrogen (secondary N) is 1. The highest BCUT2D eigenvalue weighted by Gasteiger charge is 2.17. The monoisotopic (exact) mass is 246 g/mol. The molecule has 2 nitrogen and oxygen atoms in total. The molecule has 0 spiro atoms. The Hall–Kier alpha value is -0.980. The number of nitriles is 1. The number of rotatable bonds is 4. The second-order valence-electron chi connectivity index (χ2n) is 4.50. The van der Waals surface area contributed by atoms with Gasteiger partial charge in [0.25, 0.3) is 0 Å². The fraction of sp³-hybridized carbons (Fsp3) is 0.500. The number of benzene rings is 1. The minimum Gasteiger partial charge on any atom is -0.316 e. The van der Waals surface area contributed by atoms with E-state index in [0.717, 1.165) is 22.3 Å². The first-order valence-electron chi connectivity index (χ1n) is 6.18. The van der Waals surface area contributed by atoms with Gasteiger partial charge in [0, 0.05) is 16.7 Å². The molecule has 0 amide bonds. The summed E-state index contributed by atoms with van der Waals surface area (Å²) in [6.45, 7) is 0.822. The Morgan fingerprint density at radius 1 is 1.41 bits per heavy atom. The van der Waals surface area contributed by atoms with E-state index in [0.29, 0.717) is 0 Å². The summed E-state index contributed by atoms with van der Waals surface area (Å²) in [5.41, 5.74) is 2.01. The summed E-state index contributed by atoms with van der Waals surface area (Å²) in [4.78, 5) is 1.15. The molecule has 0 atom stereocenters. The molecule has 1 saturated carbocycles. The lowest BCUT2D eigenvalue weighted by Gasteiger charge is -2.11. The summed E-state index contributed by atoms with van der Waals surface area (Å²) in [7, 11) is 1.92. The molecule has 0 aromatic heterocycles. The number of hydrogen-bond acceptors (Lipinski definition) is 3. The van der Waals surface area contributed by atoms with Gasteiger partial charge in [-0.2, -0.15) is 5.26 Å². The first-order chi connectivity index (χ1) is 8.33. The normalized spacial score (nSPS) is 16.0. The standard InChI is InChI=1S/C14H18N2S/c1-16-10-11-6-7-14(12(8-11)9-15)17-13-4-2-3-5-13/h6-8,13,16H,2-5,10H2,1H3. The Balaban J connectivity index is 2.13. The van der Waals surface area contributed by atoms with Crippen LogP contribution in [0.1, 0.15) is 36.8 Å². The summed E-state index contributed by atoms with van der Waals surface area (Å²) in [5.74, 6) is 0. The van der Waals surface area contributed by atoms with Gasteiger partial charge in [0.1, 0.15) is 6.07 Å². The van der Waals surface area contributed by atoms with E-state index in [1.807, 2.05) is 24.9 Å². The van der Waals surface area contributed by atoms with Crippen molar-refractivity contribution in [3.63, 3.8) is 0 Å². The molecule has 17 heavy (non-hydrogen) atoms. The van der Waals surface area contributed by atoms with E-state index in [1.54, 1.807) is 0 Å². The largest absolute Gasteiger partial charge is 0.316 e. The molecule has 3 heteroatoms. The van der Waals surface area contributed by atoms with Gasteiger partial charge in [0.05, 0.1) is 5.56 Å². The first kappa shape index (κ1) is 12.5. The van der Waals surface area contributed by atoms with Crippen LogP contribution in [0.15, 0.2) is 23.1 Å². The summed E-state index contributed by atoms with van der Waals surface area (Å²) in [6.07, 6.45) is 5.29. The molecule has 1 aliphatic carbocycles. The van der Waals surface area contributed by atoms with Crippen LogP contribution in [-0.4, -0.2) is 12.3 Å². The topological polar surface area (TPSA) is 35.8 Å². The molecule has 0 saturated heterocycles. The van der Waals surface area contributed by atoms with Crippen LogP contribution in [0.5, 0.6) is 0 Å². The van der Waals surface area contributed by atoms with E-state index < -0.39 is 0 Å². The van der Waals surface area contributed by atoms with Gasteiger partial charge in [-0.3, -0.25) is 0 Å². The van der Waals surface area contributed by atoms with E-state index >= 15 is 0 Å². The highest BCUT2D eigenvalue weighted by atomic mass is 32.2. The zero-order valence-corrected chi connectivity index (χ0v) is 11.0. The molecule has 0 unspecified atom stereocenters. The van der Waals surface area contributed by atoms with E-state index in [-0.39, 0.29) is 0 Å². The quantitative estimate of drug-likeness (QED) is 0.885. The Kier molecular flexibility index (Phi) is 4.47. The minimum absolute atomic E-state index is 0.720. The molecule has 1 N–H and O–H groups in total. The average molecular weight is 246 g/mol. The molecule has 1 aromatic rings. The van der Waals surface area contributed by atoms with Gasteiger partial charge in [0.15, 0.2) is 0 Å². The predicted octanol–water partition coefficient (Wildman–Crippen LogP) is 3.31. The van der Waals surface area contributed by atoms with Crippen LogP contribution in [0.25, 0.3) is 0 Å². The molecule has 0 radical (unpaired) electrons. The van der Waals surface area contributed by atoms with Gasteiger partial charge in [-0.25, -0.2) is 0 Å². The summed E-state index contributed by atoms with van der Waals surface area (Å²) in [5, 5.41) is 13.0. The van der Waals surface area contributed by atoms with Crippen LogP contribution in [0.4, 0.5) is 0 Å². The zero-order valence-electron chi connectivity index (χ0n) is 10.2. The van der Waals surface area contributed by atoms with Crippen LogP contribution < -0.4 is 5.32 Å². The van der Waals surface area contributed by atoms with Crippen molar-refractivity contribution < 1.29 is 0 Å². The van der Waals surface area contributed by atoms with Crippen molar-refractivity contribution in [3.05, 3.63) is 29.3 Å². The van der Waals surface area contributed by atoms with Crippen LogP contribution in [0.2, 0.25) is 0 Å². The van der Waals surface area contributed by atoms with Crippen LogP contribution in [0.3, 0.4) is 0 Å². The van der Waals surface area contributed by atoms with E-state index in [1.165, 1.54) is 31.2 Å². The second-order valence-corrected chi connectivity index (χ2v) is 5.84. The van der Waals surface area contributed by atoms with Crippen molar-refractivity contribution in [1.29, 1.82) is 5.26 Å². The van der Waals surface area contributed by atoms with Gasteiger partial charge < -0.3 is 5.32 Å². The van der Waals surface area contributed by atoms with Crippen molar-refractivity contribution in [1.82, 2.24) is 5.32 Å². The van der Waals surface area contributed by atoms with Crippen molar-refractivity contribution >= 4 is 11.8 Å². The van der Waals surface area contributed by atoms with E-state index in [2.05, 4.69) is 23.5 Å². The molecular weight excluding hydrogens is 228 g/mol. The maximum Gasteiger partial charge on any atom is 0.100 e. The first-order valence-corrected chi connectivity index (χ1v) is 7.05. The van der Waals surface area contributed by atoms with Gasteiger partial charge in [-0.05, 0) is 37.6 Å². The van der Waals surface area contributed by atoms with Gasteiger partial charge >= 0.3 is 0 Å². The predicted molar refractivity (Wildman–Crippen MR) is 72.0 cm³/mol. The smallest absolute Gasteiger partial charge is 0.100 e. The molecule has 0 heterocycles. The molecule has 0 bridgehead atoms. The lowest BCUT2D eigenvalue weighted by molar-refractivity contribution is 0.816. The van der Waals surface area contributed by atoms with Crippen LogP contribution in [0, 0.1) is 11.3 Å². The third-order valence-corrected chi connectivity index (χ3v) is 4.56. The Morgan fingerprint density at radius 2 is 2.18 bits per heavy atom. The van der Waals surface area contributed by atoms with Gasteiger partial charge in [0.2, 0.25) is 0 Å². The number of nitrogens with zero attached hydrogens (tertiary/aromatic N) is 1. The SMILES string of the molecule is CNCc1ccc(SC2CCCC2)c(C#N)c1. The Labute approximate surface area is 107 Å². The van der Waals surface area contributed by atoms with Gasteiger partial charge in [-0.15, -0.1) is 11.8 Å². The molecule has 0 aliphatic heterocycles. The second kappa shape index (κ2) is 6.09. The van der Waals surface area contributed by atoms with Crippen molar-refractivity contribution in [2.24, 2.45) is 0 Å². The maximum absolute atomic E-state index is 9.20. The maximum atomic E-state index is 9.20. The van der Waals surface area contributed by atoms with Crippen molar-refractivity contribution in [2.45, 2.75) is 42.4 Å². The van der Waals surface area contributed by atoms with Gasteiger partial charge in [-0.1, -0.05) is 18.9 Å². The van der Waals surface area contributed by atoms with Crippen molar-refractivity contribution in [2.75, 3.05) is 7.05 Å². The molecular formula is C14H18N2S. The molecule has 1 aliphatic rings. The Bertz CT molecular complexity index is 417. The molecule has 1 fully saturated rings. The average Bonchev–Trinajstić information content (AvgIpc) is 2.84. The molecule has 90 valence electrons. The highest BCUT2D eigenvalue weighted by molar-refractivity contribution is 8.00. The third kappa shape index (κ3) is 3.24. The molecule has 2 rings (SSSR count). The highest BCUT2D eigenvalue weighted by Crippen LogP contribution is 2.36. The van der Waals surface area contributed by atoms with Crippen LogP contribution >= 0.6 is 11.8 Å². The number of thioether (sulfide) groups is 1. The van der Waals surface area contributed by atoms with Crippen LogP contribution in [-0.2, 0) is 6.54 Å². The molecule has 1 aromatic carbocycles. The third-order valence-electron chi connectivity index (χ3n) is 3.14. The zero-order chi connectivity index (χ0) is 12.1.